The van der Waals surface area contributed by atoms with Gasteiger partial charge in [0.05, 0.1) is 5.56 Å². The number of imide groups is 1. The zero-order valence-corrected chi connectivity index (χ0v) is 11.0. The Morgan fingerprint density at radius 2 is 1.95 bits per heavy atom. The Balaban J connectivity index is 2.31. The largest absolute Gasteiger partial charge is 0.387 e. The van der Waals surface area contributed by atoms with E-state index in [2.05, 4.69) is 10.6 Å². The minimum absolute atomic E-state index is 0.139. The van der Waals surface area contributed by atoms with Crippen molar-refractivity contribution in [3.8, 4) is 0 Å². The molecule has 2 N–H and O–H groups in total. The molecule has 0 aromatic heterocycles. The van der Waals surface area contributed by atoms with Crippen molar-refractivity contribution in [1.82, 2.24) is 10.2 Å². The van der Waals surface area contributed by atoms with Crippen molar-refractivity contribution in [3.05, 3.63) is 28.8 Å². The van der Waals surface area contributed by atoms with Crippen LogP contribution < -0.4 is 10.6 Å². The van der Waals surface area contributed by atoms with Gasteiger partial charge < -0.3 is 10.2 Å². The molecule has 6 nitrogen and oxygen atoms in total. The zero-order chi connectivity index (χ0) is 14.0. The maximum absolute atomic E-state index is 12.3. The molecule has 2 rings (SSSR count). The second-order valence-corrected chi connectivity index (χ2v) is 4.51. The third-order valence-corrected chi connectivity index (χ3v) is 2.95. The van der Waals surface area contributed by atoms with Crippen molar-refractivity contribution in [2.45, 2.75) is 0 Å². The molecule has 1 saturated heterocycles. The Hall–Kier alpha value is -2.08. The van der Waals surface area contributed by atoms with Crippen LogP contribution in [-0.2, 0) is 9.59 Å². The van der Waals surface area contributed by atoms with Crippen LogP contribution in [0.5, 0.6) is 0 Å². The second kappa shape index (κ2) is 5.27. The number of amides is 3. The minimum atomic E-state index is -0.488. The number of rotatable bonds is 2. The van der Waals surface area contributed by atoms with Crippen LogP contribution in [-0.4, -0.2) is 42.8 Å². The minimum Gasteiger partial charge on any atom is -0.387 e. The smallest absolute Gasteiger partial charge is 0.256 e. The lowest BCUT2D eigenvalue weighted by molar-refractivity contribution is -0.135. The van der Waals surface area contributed by atoms with Crippen LogP contribution in [0.15, 0.2) is 18.2 Å². The molecule has 1 aromatic rings. The molecule has 100 valence electrons. The Labute approximate surface area is 114 Å². The van der Waals surface area contributed by atoms with Gasteiger partial charge in [0.25, 0.3) is 5.91 Å². The molecule has 7 heteroatoms. The summed E-state index contributed by atoms with van der Waals surface area (Å²) in [7, 11) is 1.67. The Morgan fingerprint density at radius 1 is 1.32 bits per heavy atom. The predicted molar refractivity (Wildman–Crippen MR) is 70.1 cm³/mol. The van der Waals surface area contributed by atoms with Crippen LogP contribution >= 0.6 is 11.6 Å². The van der Waals surface area contributed by atoms with E-state index in [-0.39, 0.29) is 13.1 Å². The molecule has 0 radical (unpaired) electrons. The molecule has 1 aromatic carbocycles. The molecule has 19 heavy (non-hydrogen) atoms. The molecule has 1 aliphatic rings. The maximum atomic E-state index is 12.3. The Kier molecular flexibility index (Phi) is 3.71. The fourth-order valence-corrected chi connectivity index (χ4v) is 2.03. The average Bonchev–Trinajstić information content (AvgIpc) is 2.36. The summed E-state index contributed by atoms with van der Waals surface area (Å²) >= 11 is 5.87. The number of anilines is 1. The molecule has 0 spiro atoms. The number of nitrogens with one attached hydrogen (secondary N) is 2. The number of carbonyl (C=O) groups is 3. The van der Waals surface area contributed by atoms with E-state index in [1.54, 1.807) is 19.2 Å². The highest BCUT2D eigenvalue weighted by Gasteiger charge is 2.28. The van der Waals surface area contributed by atoms with E-state index in [1.165, 1.54) is 11.0 Å². The normalized spacial score (nSPS) is 15.2. The summed E-state index contributed by atoms with van der Waals surface area (Å²) in [6.45, 7) is -0.277. The topological polar surface area (TPSA) is 78.5 Å². The molecule has 0 bridgehead atoms. The van der Waals surface area contributed by atoms with E-state index < -0.39 is 17.7 Å². The summed E-state index contributed by atoms with van der Waals surface area (Å²) in [6, 6.07) is 4.83. The summed E-state index contributed by atoms with van der Waals surface area (Å²) in [5.41, 5.74) is 0.922. The molecular weight excluding hydrogens is 270 g/mol. The first-order chi connectivity index (χ1) is 9.01. The average molecular weight is 282 g/mol. The number of hydrogen-bond acceptors (Lipinski definition) is 4. The SMILES string of the molecule is CNc1ccc(Cl)cc1C(=O)N1CC(=O)NC(=O)C1. The Bertz CT molecular complexity index is 543. The number of hydrogen-bond donors (Lipinski definition) is 2. The van der Waals surface area contributed by atoms with Crippen molar-refractivity contribution in [1.29, 1.82) is 0 Å². The van der Waals surface area contributed by atoms with Crippen LogP contribution in [0.25, 0.3) is 0 Å². The number of carbonyl (C=O) groups excluding carboxylic acids is 3. The quantitative estimate of drug-likeness (QED) is 0.773. The van der Waals surface area contributed by atoms with Crippen LogP contribution in [0.4, 0.5) is 5.69 Å². The predicted octanol–water partition coefficient (Wildman–Crippen LogP) is 0.480. The van der Waals surface area contributed by atoms with Crippen LogP contribution in [0, 0.1) is 0 Å². The lowest BCUT2D eigenvalue weighted by Crippen LogP contribution is -2.53. The lowest BCUT2D eigenvalue weighted by Gasteiger charge is -2.26. The summed E-state index contributed by atoms with van der Waals surface area (Å²) in [4.78, 5) is 36.1. The maximum Gasteiger partial charge on any atom is 0.256 e. The first-order valence-electron chi connectivity index (χ1n) is 5.60. The molecule has 1 aliphatic heterocycles. The van der Waals surface area contributed by atoms with Gasteiger partial charge >= 0.3 is 0 Å². The monoisotopic (exact) mass is 281 g/mol. The van der Waals surface area contributed by atoms with Gasteiger partial charge in [-0.3, -0.25) is 19.7 Å². The van der Waals surface area contributed by atoms with Crippen LogP contribution in [0.1, 0.15) is 10.4 Å². The van der Waals surface area contributed by atoms with Gasteiger partial charge in [0.15, 0.2) is 0 Å². The standard InChI is InChI=1S/C12H12ClN3O3/c1-14-9-3-2-7(13)4-8(9)12(19)16-5-10(17)15-11(18)6-16/h2-4,14H,5-6H2,1H3,(H,15,17,18). The molecule has 0 unspecified atom stereocenters. The van der Waals surface area contributed by atoms with Gasteiger partial charge in [0, 0.05) is 17.8 Å². The van der Waals surface area contributed by atoms with Gasteiger partial charge in [-0.15, -0.1) is 0 Å². The molecule has 0 aliphatic carbocycles. The Morgan fingerprint density at radius 3 is 2.53 bits per heavy atom. The van der Waals surface area contributed by atoms with Gasteiger partial charge in [-0.1, -0.05) is 11.6 Å². The highest BCUT2D eigenvalue weighted by molar-refractivity contribution is 6.31. The van der Waals surface area contributed by atoms with Crippen molar-refractivity contribution in [3.63, 3.8) is 0 Å². The van der Waals surface area contributed by atoms with E-state index in [4.69, 9.17) is 11.6 Å². The first kappa shape index (κ1) is 13.4. The van der Waals surface area contributed by atoms with Gasteiger partial charge in [0.2, 0.25) is 11.8 Å². The zero-order valence-electron chi connectivity index (χ0n) is 10.2. The van der Waals surface area contributed by atoms with Gasteiger partial charge in [-0.05, 0) is 18.2 Å². The van der Waals surface area contributed by atoms with Gasteiger partial charge in [-0.25, -0.2) is 0 Å². The van der Waals surface area contributed by atoms with Gasteiger partial charge in [-0.2, -0.15) is 0 Å². The first-order valence-corrected chi connectivity index (χ1v) is 5.98. The number of piperazine rings is 1. The summed E-state index contributed by atoms with van der Waals surface area (Å²) in [6.07, 6.45) is 0. The highest BCUT2D eigenvalue weighted by Crippen LogP contribution is 2.22. The van der Waals surface area contributed by atoms with Crippen molar-refractivity contribution < 1.29 is 14.4 Å². The summed E-state index contributed by atoms with van der Waals surface area (Å²) < 4.78 is 0. The molecule has 1 fully saturated rings. The van der Waals surface area contributed by atoms with Crippen molar-refractivity contribution >= 4 is 35.0 Å². The van der Waals surface area contributed by atoms with Crippen LogP contribution in [0.2, 0.25) is 5.02 Å². The summed E-state index contributed by atoms with van der Waals surface area (Å²) in [5, 5.41) is 5.43. The molecule has 1 heterocycles. The molecule has 0 atom stereocenters. The van der Waals surface area contributed by atoms with Crippen molar-refractivity contribution in [2.75, 3.05) is 25.5 Å². The van der Waals surface area contributed by atoms with E-state index in [1.807, 2.05) is 0 Å². The van der Waals surface area contributed by atoms with Crippen molar-refractivity contribution in [2.24, 2.45) is 0 Å². The number of nitrogens with zero attached hydrogens (tertiary/aromatic N) is 1. The fourth-order valence-electron chi connectivity index (χ4n) is 1.86. The molecule has 3 amide bonds. The second-order valence-electron chi connectivity index (χ2n) is 4.07. The third kappa shape index (κ3) is 2.85. The highest BCUT2D eigenvalue weighted by atomic mass is 35.5. The van der Waals surface area contributed by atoms with E-state index in [9.17, 15) is 14.4 Å². The third-order valence-electron chi connectivity index (χ3n) is 2.72. The fraction of sp³-hybridized carbons (Fsp3) is 0.250. The molecule has 0 saturated carbocycles. The molecular formula is C12H12ClN3O3. The van der Waals surface area contributed by atoms with E-state index >= 15 is 0 Å². The lowest BCUT2D eigenvalue weighted by atomic mass is 10.1. The van der Waals surface area contributed by atoms with E-state index in [0.29, 0.717) is 16.3 Å². The number of benzene rings is 1. The number of halogens is 1. The summed E-state index contributed by atoms with van der Waals surface area (Å²) in [5.74, 6) is -1.38. The van der Waals surface area contributed by atoms with Gasteiger partial charge in [0.1, 0.15) is 13.1 Å². The van der Waals surface area contributed by atoms with E-state index in [0.717, 1.165) is 0 Å². The van der Waals surface area contributed by atoms with Crippen LogP contribution in [0.3, 0.4) is 0 Å².